The van der Waals surface area contributed by atoms with Crippen LogP contribution < -0.4 is 0 Å². The first-order valence-electron chi connectivity index (χ1n) is 4.67. The maximum atomic E-state index is 12.7. The molecule has 2 atom stereocenters. The van der Waals surface area contributed by atoms with E-state index in [2.05, 4.69) is 4.74 Å². The molecule has 1 saturated heterocycles. The van der Waals surface area contributed by atoms with Gasteiger partial charge >= 0.3 is 5.97 Å². The van der Waals surface area contributed by atoms with E-state index < -0.39 is 16.6 Å². The van der Waals surface area contributed by atoms with Crippen molar-refractivity contribution in [3.63, 3.8) is 0 Å². The van der Waals surface area contributed by atoms with Crippen LogP contribution in [-0.4, -0.2) is 18.1 Å². The van der Waals surface area contributed by atoms with Gasteiger partial charge in [-0.05, 0) is 24.6 Å². The summed E-state index contributed by atoms with van der Waals surface area (Å²) in [5.41, 5.74) is -0.329. The molecule has 1 aliphatic rings. The molecule has 16 heavy (non-hydrogen) atoms. The highest BCUT2D eigenvalue weighted by Gasteiger charge is 2.73. The second-order valence-electron chi connectivity index (χ2n) is 3.73. The Bertz CT molecular complexity index is 433. The molecule has 0 amide bonds. The number of rotatable bonds is 2. The molecule has 1 heterocycles. The standard InChI is InChI=1S/C11H10ClFO3/c1-10(7-3-5-8(13)6-4-7)11(12,16-10)9(14)15-2/h3-6H,1-2H3. The van der Waals surface area contributed by atoms with Crippen molar-refractivity contribution in [2.24, 2.45) is 0 Å². The Morgan fingerprint density at radius 2 is 2.00 bits per heavy atom. The zero-order chi connectivity index (χ0) is 12.0. The number of esters is 1. The Morgan fingerprint density at radius 3 is 2.50 bits per heavy atom. The molecule has 1 aliphatic heterocycles. The van der Waals surface area contributed by atoms with Crippen molar-refractivity contribution in [1.82, 2.24) is 0 Å². The number of benzene rings is 1. The van der Waals surface area contributed by atoms with Crippen molar-refractivity contribution in [2.75, 3.05) is 7.11 Å². The monoisotopic (exact) mass is 244 g/mol. The number of alkyl halides is 1. The van der Waals surface area contributed by atoms with Crippen molar-refractivity contribution in [1.29, 1.82) is 0 Å². The summed E-state index contributed by atoms with van der Waals surface area (Å²) in [4.78, 5) is 11.4. The maximum absolute atomic E-state index is 12.7. The molecule has 1 fully saturated rings. The summed E-state index contributed by atoms with van der Waals surface area (Å²) in [5.74, 6) is -1.01. The highest BCUT2D eigenvalue weighted by atomic mass is 35.5. The fourth-order valence-electron chi connectivity index (χ4n) is 1.64. The van der Waals surface area contributed by atoms with Gasteiger partial charge in [0.1, 0.15) is 11.4 Å². The van der Waals surface area contributed by atoms with Crippen molar-refractivity contribution >= 4 is 17.6 Å². The molecule has 5 heteroatoms. The van der Waals surface area contributed by atoms with Gasteiger partial charge in [-0.3, -0.25) is 0 Å². The molecule has 0 saturated carbocycles. The lowest BCUT2D eigenvalue weighted by Gasteiger charge is -2.09. The Morgan fingerprint density at radius 1 is 1.44 bits per heavy atom. The molecule has 86 valence electrons. The van der Waals surface area contributed by atoms with Crippen LogP contribution in [0.15, 0.2) is 24.3 Å². The quantitative estimate of drug-likeness (QED) is 0.455. The van der Waals surface area contributed by atoms with Gasteiger partial charge in [0.25, 0.3) is 5.06 Å². The summed E-state index contributed by atoms with van der Waals surface area (Å²) in [6.07, 6.45) is 0. The number of hydrogen-bond donors (Lipinski definition) is 0. The van der Waals surface area contributed by atoms with Gasteiger partial charge in [0.05, 0.1) is 7.11 Å². The highest BCUT2D eigenvalue weighted by Crippen LogP contribution is 2.58. The van der Waals surface area contributed by atoms with Crippen LogP contribution in [0.1, 0.15) is 12.5 Å². The summed E-state index contributed by atoms with van der Waals surface area (Å²) in [6, 6.07) is 5.64. The summed E-state index contributed by atoms with van der Waals surface area (Å²) >= 11 is 5.99. The minimum Gasteiger partial charge on any atom is -0.466 e. The number of carbonyl (C=O) groups excluding carboxylic acids is 1. The fraction of sp³-hybridized carbons (Fsp3) is 0.364. The predicted molar refractivity (Wildman–Crippen MR) is 55.4 cm³/mol. The molecule has 2 rings (SSSR count). The SMILES string of the molecule is COC(=O)C1(Cl)OC1(C)c1ccc(F)cc1. The molecule has 2 unspecified atom stereocenters. The maximum Gasteiger partial charge on any atom is 0.357 e. The third kappa shape index (κ3) is 1.41. The topological polar surface area (TPSA) is 38.8 Å². The minimum atomic E-state index is -1.50. The zero-order valence-corrected chi connectivity index (χ0v) is 9.55. The van der Waals surface area contributed by atoms with E-state index in [9.17, 15) is 9.18 Å². The number of epoxide rings is 1. The van der Waals surface area contributed by atoms with Crippen LogP contribution in [0.2, 0.25) is 0 Å². The molecule has 0 aromatic heterocycles. The summed E-state index contributed by atoms with van der Waals surface area (Å²) in [6.45, 7) is 1.66. The molecule has 1 aromatic carbocycles. The average Bonchev–Trinajstić information content (AvgIpc) is 2.84. The second-order valence-corrected chi connectivity index (χ2v) is 4.26. The highest BCUT2D eigenvalue weighted by molar-refractivity contribution is 6.35. The molecule has 3 nitrogen and oxygen atoms in total. The lowest BCUT2D eigenvalue weighted by atomic mass is 9.97. The fourth-order valence-corrected chi connectivity index (χ4v) is 1.98. The first-order valence-corrected chi connectivity index (χ1v) is 5.05. The van der Waals surface area contributed by atoms with Crippen LogP contribution >= 0.6 is 11.6 Å². The third-order valence-corrected chi connectivity index (χ3v) is 3.35. The van der Waals surface area contributed by atoms with Gasteiger partial charge in [0.15, 0.2) is 0 Å². The van der Waals surface area contributed by atoms with Crippen molar-refractivity contribution in [2.45, 2.75) is 17.6 Å². The Balaban J connectivity index is 2.30. The smallest absolute Gasteiger partial charge is 0.357 e. The Kier molecular flexibility index (Phi) is 2.44. The van der Waals surface area contributed by atoms with Crippen molar-refractivity contribution in [3.8, 4) is 0 Å². The van der Waals surface area contributed by atoms with E-state index in [1.807, 2.05) is 0 Å². The van der Waals surface area contributed by atoms with Crippen LogP contribution in [0, 0.1) is 5.82 Å². The molecular formula is C11H10ClFO3. The lowest BCUT2D eigenvalue weighted by molar-refractivity contribution is -0.143. The van der Waals surface area contributed by atoms with Gasteiger partial charge < -0.3 is 9.47 Å². The molecule has 0 radical (unpaired) electrons. The number of hydrogen-bond acceptors (Lipinski definition) is 3. The van der Waals surface area contributed by atoms with Gasteiger partial charge in [-0.25, -0.2) is 9.18 Å². The summed E-state index contributed by atoms with van der Waals surface area (Å²) < 4.78 is 22.5. The van der Waals surface area contributed by atoms with E-state index in [0.717, 1.165) is 0 Å². The van der Waals surface area contributed by atoms with Gasteiger partial charge in [-0.2, -0.15) is 0 Å². The molecule has 1 aromatic rings. The van der Waals surface area contributed by atoms with Gasteiger partial charge in [-0.15, -0.1) is 0 Å². The van der Waals surface area contributed by atoms with Gasteiger partial charge in [0.2, 0.25) is 0 Å². The number of methoxy groups -OCH3 is 1. The molecule has 0 bridgehead atoms. The van der Waals surface area contributed by atoms with E-state index >= 15 is 0 Å². The number of carbonyl (C=O) groups is 1. The Hall–Kier alpha value is -1.13. The van der Waals surface area contributed by atoms with Crippen LogP contribution in [0.5, 0.6) is 0 Å². The zero-order valence-electron chi connectivity index (χ0n) is 8.79. The first kappa shape index (κ1) is 11.4. The largest absolute Gasteiger partial charge is 0.466 e. The molecule has 0 spiro atoms. The van der Waals surface area contributed by atoms with E-state index in [-0.39, 0.29) is 5.82 Å². The van der Waals surface area contributed by atoms with Crippen LogP contribution in [0.4, 0.5) is 4.39 Å². The normalized spacial score (nSPS) is 32.2. The molecular weight excluding hydrogens is 235 g/mol. The number of ether oxygens (including phenoxy) is 2. The minimum absolute atomic E-state index is 0.355. The van der Waals surface area contributed by atoms with E-state index in [1.54, 1.807) is 6.92 Å². The van der Waals surface area contributed by atoms with E-state index in [1.165, 1.54) is 31.4 Å². The lowest BCUT2D eigenvalue weighted by Crippen LogP contribution is -2.26. The van der Waals surface area contributed by atoms with Gasteiger partial charge in [-0.1, -0.05) is 23.7 Å². The van der Waals surface area contributed by atoms with Crippen LogP contribution in [0.25, 0.3) is 0 Å². The Labute approximate surface area is 97.1 Å². The third-order valence-electron chi connectivity index (χ3n) is 2.76. The van der Waals surface area contributed by atoms with Crippen LogP contribution in [0.3, 0.4) is 0 Å². The van der Waals surface area contributed by atoms with E-state index in [0.29, 0.717) is 5.56 Å². The second kappa shape index (κ2) is 3.43. The summed E-state index contributed by atoms with van der Waals surface area (Å²) in [7, 11) is 1.24. The molecule has 0 aliphatic carbocycles. The van der Waals surface area contributed by atoms with Crippen molar-refractivity contribution in [3.05, 3.63) is 35.6 Å². The average molecular weight is 245 g/mol. The van der Waals surface area contributed by atoms with E-state index in [4.69, 9.17) is 16.3 Å². The number of halogens is 2. The van der Waals surface area contributed by atoms with Crippen LogP contribution in [-0.2, 0) is 19.9 Å². The van der Waals surface area contributed by atoms with Gasteiger partial charge in [0, 0.05) is 0 Å². The first-order chi connectivity index (χ1) is 7.44. The molecule has 0 N–H and O–H groups in total. The van der Waals surface area contributed by atoms with Crippen molar-refractivity contribution < 1.29 is 18.7 Å². The predicted octanol–water partition coefficient (Wildman–Crippen LogP) is 2.18. The summed E-state index contributed by atoms with van der Waals surface area (Å²) in [5, 5.41) is -1.50.